The molecule has 1 aromatic carbocycles. The number of allylic oxidation sites excluding steroid dienone is 1. The maximum absolute atomic E-state index is 12.1. The van der Waals surface area contributed by atoms with Crippen LogP contribution < -0.4 is 0 Å². The van der Waals surface area contributed by atoms with E-state index in [-0.39, 0.29) is 11.7 Å². The van der Waals surface area contributed by atoms with Crippen molar-refractivity contribution in [3.8, 4) is 0 Å². The first-order valence-corrected chi connectivity index (χ1v) is 7.11. The van der Waals surface area contributed by atoms with Gasteiger partial charge in [0.1, 0.15) is 5.60 Å². The van der Waals surface area contributed by atoms with Crippen LogP contribution in [0.2, 0.25) is 0 Å². The van der Waals surface area contributed by atoms with Crippen molar-refractivity contribution < 1.29 is 9.90 Å². The zero-order valence-corrected chi connectivity index (χ0v) is 11.7. The molecule has 0 saturated carbocycles. The predicted molar refractivity (Wildman–Crippen MR) is 76.7 cm³/mol. The maximum Gasteiger partial charge on any atom is 0.162 e. The van der Waals surface area contributed by atoms with Crippen LogP contribution in [0.5, 0.6) is 0 Å². The zero-order valence-electron chi connectivity index (χ0n) is 11.7. The second-order valence-corrected chi connectivity index (χ2v) is 5.41. The SMILES string of the molecule is CCCCCC1C(=O)C=C(C)C1(O)c1ccccc1. The Balaban J connectivity index is 2.29. The first-order valence-electron chi connectivity index (χ1n) is 7.11. The van der Waals surface area contributed by atoms with Crippen LogP contribution >= 0.6 is 0 Å². The Kier molecular flexibility index (Phi) is 4.20. The highest BCUT2D eigenvalue weighted by Gasteiger charge is 2.47. The molecule has 0 fully saturated rings. The van der Waals surface area contributed by atoms with Crippen LogP contribution in [-0.2, 0) is 10.4 Å². The minimum absolute atomic E-state index is 0.0694. The van der Waals surface area contributed by atoms with Gasteiger partial charge < -0.3 is 5.11 Å². The third-order valence-corrected chi connectivity index (χ3v) is 4.12. The van der Waals surface area contributed by atoms with Gasteiger partial charge in [-0.3, -0.25) is 4.79 Å². The molecule has 0 amide bonds. The van der Waals surface area contributed by atoms with E-state index in [4.69, 9.17) is 0 Å². The third-order valence-electron chi connectivity index (χ3n) is 4.12. The molecular weight excluding hydrogens is 236 g/mol. The number of carbonyl (C=O) groups excluding carboxylic acids is 1. The molecule has 2 nitrogen and oxygen atoms in total. The molecule has 19 heavy (non-hydrogen) atoms. The minimum atomic E-state index is -1.11. The van der Waals surface area contributed by atoms with Gasteiger partial charge in [-0.15, -0.1) is 0 Å². The van der Waals surface area contributed by atoms with Gasteiger partial charge in [-0.05, 0) is 30.6 Å². The number of unbranched alkanes of at least 4 members (excludes halogenated alkanes) is 2. The van der Waals surface area contributed by atoms with E-state index >= 15 is 0 Å². The molecule has 1 N–H and O–H groups in total. The van der Waals surface area contributed by atoms with Gasteiger partial charge in [0.05, 0.1) is 5.92 Å². The van der Waals surface area contributed by atoms with Crippen LogP contribution in [0.4, 0.5) is 0 Å². The molecule has 2 atom stereocenters. The molecule has 1 aliphatic carbocycles. The normalized spacial score (nSPS) is 26.6. The molecule has 2 rings (SSSR count). The molecule has 0 radical (unpaired) electrons. The summed E-state index contributed by atoms with van der Waals surface area (Å²) in [7, 11) is 0. The van der Waals surface area contributed by atoms with E-state index in [1.807, 2.05) is 37.3 Å². The van der Waals surface area contributed by atoms with Crippen LogP contribution in [0.25, 0.3) is 0 Å². The van der Waals surface area contributed by atoms with Gasteiger partial charge in [0.25, 0.3) is 0 Å². The highest BCUT2D eigenvalue weighted by atomic mass is 16.3. The lowest BCUT2D eigenvalue weighted by Crippen LogP contribution is -2.35. The van der Waals surface area contributed by atoms with E-state index in [9.17, 15) is 9.90 Å². The fourth-order valence-corrected chi connectivity index (χ4v) is 2.98. The monoisotopic (exact) mass is 258 g/mol. The number of aliphatic hydroxyl groups is 1. The topological polar surface area (TPSA) is 37.3 Å². The van der Waals surface area contributed by atoms with E-state index in [0.717, 1.165) is 36.8 Å². The Morgan fingerprint density at radius 3 is 2.53 bits per heavy atom. The van der Waals surface area contributed by atoms with Gasteiger partial charge in [-0.2, -0.15) is 0 Å². The van der Waals surface area contributed by atoms with Crippen molar-refractivity contribution in [2.24, 2.45) is 5.92 Å². The van der Waals surface area contributed by atoms with Crippen molar-refractivity contribution >= 4 is 5.78 Å². The third kappa shape index (κ3) is 2.50. The summed E-state index contributed by atoms with van der Waals surface area (Å²) in [5.41, 5.74) is 0.493. The van der Waals surface area contributed by atoms with Gasteiger partial charge in [-0.25, -0.2) is 0 Å². The summed E-state index contributed by atoms with van der Waals surface area (Å²) >= 11 is 0. The number of hydrogen-bond acceptors (Lipinski definition) is 2. The number of carbonyl (C=O) groups is 1. The summed E-state index contributed by atoms with van der Waals surface area (Å²) < 4.78 is 0. The predicted octanol–water partition coefficient (Wildman–Crippen LogP) is 3.60. The summed E-state index contributed by atoms with van der Waals surface area (Å²) in [6.07, 6.45) is 5.59. The molecule has 0 aliphatic heterocycles. The molecule has 2 heteroatoms. The van der Waals surface area contributed by atoms with Crippen LogP contribution in [0, 0.1) is 5.92 Å². The highest BCUT2D eigenvalue weighted by molar-refractivity contribution is 5.97. The fourth-order valence-electron chi connectivity index (χ4n) is 2.98. The molecule has 0 heterocycles. The Morgan fingerprint density at radius 1 is 1.21 bits per heavy atom. The zero-order chi connectivity index (χ0) is 13.9. The first kappa shape index (κ1) is 14.0. The van der Waals surface area contributed by atoms with Crippen molar-refractivity contribution in [3.63, 3.8) is 0 Å². The highest BCUT2D eigenvalue weighted by Crippen LogP contribution is 2.44. The molecule has 0 saturated heterocycles. The molecule has 0 bridgehead atoms. The van der Waals surface area contributed by atoms with Crippen LogP contribution in [0.3, 0.4) is 0 Å². The van der Waals surface area contributed by atoms with Crippen LogP contribution in [-0.4, -0.2) is 10.9 Å². The Labute approximate surface area is 115 Å². The van der Waals surface area contributed by atoms with E-state index in [1.165, 1.54) is 0 Å². The van der Waals surface area contributed by atoms with Gasteiger partial charge >= 0.3 is 0 Å². The van der Waals surface area contributed by atoms with Crippen LogP contribution in [0.1, 0.15) is 45.1 Å². The van der Waals surface area contributed by atoms with E-state index < -0.39 is 5.60 Å². The van der Waals surface area contributed by atoms with E-state index in [2.05, 4.69) is 6.92 Å². The van der Waals surface area contributed by atoms with E-state index in [1.54, 1.807) is 6.08 Å². The summed E-state index contributed by atoms with van der Waals surface area (Å²) in [4.78, 5) is 12.1. The summed E-state index contributed by atoms with van der Waals surface area (Å²) in [6, 6.07) is 9.55. The molecule has 1 aliphatic rings. The lowest BCUT2D eigenvalue weighted by atomic mass is 9.77. The Bertz CT molecular complexity index is 475. The van der Waals surface area contributed by atoms with Crippen molar-refractivity contribution in [2.75, 3.05) is 0 Å². The number of benzene rings is 1. The molecule has 1 aromatic rings. The van der Waals surface area contributed by atoms with Gasteiger partial charge in [0.15, 0.2) is 5.78 Å². The quantitative estimate of drug-likeness (QED) is 0.819. The minimum Gasteiger partial charge on any atom is -0.380 e. The molecular formula is C17H22O2. The Hall–Kier alpha value is -1.41. The van der Waals surface area contributed by atoms with Gasteiger partial charge in [0, 0.05) is 0 Å². The smallest absolute Gasteiger partial charge is 0.162 e. The van der Waals surface area contributed by atoms with Crippen molar-refractivity contribution in [1.29, 1.82) is 0 Å². The summed E-state index contributed by atoms with van der Waals surface area (Å²) in [5, 5.41) is 11.1. The average molecular weight is 258 g/mol. The maximum atomic E-state index is 12.1. The van der Waals surface area contributed by atoms with Gasteiger partial charge in [0.2, 0.25) is 0 Å². The average Bonchev–Trinajstić information content (AvgIpc) is 2.64. The van der Waals surface area contributed by atoms with Crippen LogP contribution in [0.15, 0.2) is 42.0 Å². The largest absolute Gasteiger partial charge is 0.380 e. The summed E-state index contributed by atoms with van der Waals surface area (Å²) in [6.45, 7) is 3.99. The lowest BCUT2D eigenvalue weighted by Gasteiger charge is -2.32. The van der Waals surface area contributed by atoms with Gasteiger partial charge in [-0.1, -0.05) is 56.5 Å². The second-order valence-electron chi connectivity index (χ2n) is 5.41. The second kappa shape index (κ2) is 5.70. The number of ketones is 1. The summed E-state index contributed by atoms with van der Waals surface area (Å²) in [5.74, 6) is -0.249. The standard InChI is InChI=1S/C17H22O2/c1-3-4-6-11-15-16(18)12-13(2)17(15,19)14-9-7-5-8-10-14/h5,7-10,12,15,19H,3-4,6,11H2,1-2H3. The number of hydrogen-bond donors (Lipinski definition) is 1. The Morgan fingerprint density at radius 2 is 1.89 bits per heavy atom. The first-order chi connectivity index (χ1) is 9.10. The molecule has 102 valence electrons. The molecule has 2 unspecified atom stereocenters. The van der Waals surface area contributed by atoms with Crippen molar-refractivity contribution in [2.45, 2.75) is 45.1 Å². The lowest BCUT2D eigenvalue weighted by molar-refractivity contribution is -0.123. The van der Waals surface area contributed by atoms with Crippen molar-refractivity contribution in [3.05, 3.63) is 47.5 Å². The van der Waals surface area contributed by atoms with Crippen molar-refractivity contribution in [1.82, 2.24) is 0 Å². The number of rotatable bonds is 5. The fraction of sp³-hybridized carbons (Fsp3) is 0.471. The molecule has 0 aromatic heterocycles. The molecule has 0 spiro atoms. The van der Waals surface area contributed by atoms with E-state index in [0.29, 0.717) is 0 Å².